The van der Waals surface area contributed by atoms with Crippen molar-refractivity contribution in [3.8, 4) is 0 Å². The van der Waals surface area contributed by atoms with Crippen molar-refractivity contribution in [3.05, 3.63) is 58.6 Å². The lowest BCUT2D eigenvalue weighted by molar-refractivity contribution is 0.0924. The highest BCUT2D eigenvalue weighted by atomic mass is 35.5. The summed E-state index contributed by atoms with van der Waals surface area (Å²) in [7, 11) is 0. The molecule has 0 spiro atoms. The van der Waals surface area contributed by atoms with Gasteiger partial charge in [0.1, 0.15) is 11.0 Å². The molecule has 0 saturated heterocycles. The van der Waals surface area contributed by atoms with E-state index in [4.69, 9.17) is 16.6 Å². The molecule has 2 aromatic heterocycles. The van der Waals surface area contributed by atoms with Crippen LogP contribution >= 0.6 is 11.6 Å². The fourth-order valence-corrected chi connectivity index (χ4v) is 3.97. The van der Waals surface area contributed by atoms with Crippen LogP contribution in [0.15, 0.2) is 36.4 Å². The fraction of sp³-hybridized carbons (Fsp3) is 0.350. The number of pyridine rings is 1. The number of hydrogen-bond acceptors (Lipinski definition) is 3. The van der Waals surface area contributed by atoms with Crippen molar-refractivity contribution in [3.63, 3.8) is 0 Å². The maximum absolute atomic E-state index is 12.6. The van der Waals surface area contributed by atoms with Crippen molar-refractivity contribution in [1.82, 2.24) is 20.3 Å². The average Bonchev–Trinajstić information content (AvgIpc) is 3.06. The first-order chi connectivity index (χ1) is 12.6. The monoisotopic (exact) mass is 368 g/mol. The Hall–Kier alpha value is -2.40. The maximum atomic E-state index is 12.6. The number of aromatic amines is 1. The van der Waals surface area contributed by atoms with Gasteiger partial charge in [0, 0.05) is 17.7 Å². The van der Waals surface area contributed by atoms with Gasteiger partial charge in [0.25, 0.3) is 5.91 Å². The molecule has 1 saturated carbocycles. The summed E-state index contributed by atoms with van der Waals surface area (Å²) in [4.78, 5) is 24.9. The van der Waals surface area contributed by atoms with Crippen molar-refractivity contribution in [1.29, 1.82) is 0 Å². The van der Waals surface area contributed by atoms with Crippen LogP contribution in [-0.4, -0.2) is 26.9 Å². The molecule has 0 bridgehead atoms. The van der Waals surface area contributed by atoms with Gasteiger partial charge in [-0.05, 0) is 50.5 Å². The SMILES string of the molecule is Cc1ccc(C(=O)NC2CCC[C@H](c3nc4ccccc4[nH]3)C2)c(Cl)n1. The number of carbonyl (C=O) groups excluding carboxylic acids is 1. The van der Waals surface area contributed by atoms with Crippen LogP contribution in [0.25, 0.3) is 11.0 Å². The first-order valence-electron chi connectivity index (χ1n) is 8.99. The van der Waals surface area contributed by atoms with E-state index in [1.165, 1.54) is 0 Å². The van der Waals surface area contributed by atoms with Gasteiger partial charge in [0.2, 0.25) is 0 Å². The second-order valence-corrected chi connectivity index (χ2v) is 7.32. The summed E-state index contributed by atoms with van der Waals surface area (Å²) < 4.78 is 0. The lowest BCUT2D eigenvalue weighted by Gasteiger charge is -2.28. The van der Waals surface area contributed by atoms with Crippen LogP contribution in [0.3, 0.4) is 0 Å². The molecule has 2 heterocycles. The molecule has 1 aliphatic rings. The highest BCUT2D eigenvalue weighted by molar-refractivity contribution is 6.32. The fourth-order valence-electron chi connectivity index (χ4n) is 3.69. The van der Waals surface area contributed by atoms with Crippen LogP contribution in [0.4, 0.5) is 0 Å². The molecule has 1 fully saturated rings. The number of aromatic nitrogens is 3. The molecular weight excluding hydrogens is 348 g/mol. The Labute approximate surface area is 157 Å². The Morgan fingerprint density at radius 1 is 1.19 bits per heavy atom. The first-order valence-corrected chi connectivity index (χ1v) is 9.36. The van der Waals surface area contributed by atoms with E-state index in [1.54, 1.807) is 12.1 Å². The number of H-pyrrole nitrogens is 1. The summed E-state index contributed by atoms with van der Waals surface area (Å²) in [6, 6.07) is 11.7. The van der Waals surface area contributed by atoms with Gasteiger partial charge in [-0.25, -0.2) is 9.97 Å². The predicted octanol–water partition coefficient (Wildman–Crippen LogP) is 4.38. The summed E-state index contributed by atoms with van der Waals surface area (Å²) in [5.74, 6) is 1.19. The lowest BCUT2D eigenvalue weighted by atomic mass is 9.85. The second-order valence-electron chi connectivity index (χ2n) is 6.96. The number of carbonyl (C=O) groups is 1. The van der Waals surface area contributed by atoms with E-state index in [1.807, 2.05) is 31.2 Å². The van der Waals surface area contributed by atoms with Gasteiger partial charge in [-0.2, -0.15) is 0 Å². The van der Waals surface area contributed by atoms with E-state index < -0.39 is 0 Å². The van der Waals surface area contributed by atoms with E-state index in [0.29, 0.717) is 11.5 Å². The minimum absolute atomic E-state index is 0.117. The number of hydrogen-bond donors (Lipinski definition) is 2. The molecule has 2 atom stereocenters. The summed E-state index contributed by atoms with van der Waals surface area (Å²) in [6.45, 7) is 1.85. The number of para-hydroxylation sites is 2. The highest BCUT2D eigenvalue weighted by Crippen LogP contribution is 2.32. The number of benzene rings is 1. The van der Waals surface area contributed by atoms with Crippen LogP contribution in [0.5, 0.6) is 0 Å². The van der Waals surface area contributed by atoms with Gasteiger partial charge in [-0.15, -0.1) is 0 Å². The molecule has 3 aromatic rings. The van der Waals surface area contributed by atoms with Gasteiger partial charge in [0.15, 0.2) is 0 Å². The second kappa shape index (κ2) is 7.08. The minimum atomic E-state index is -0.155. The zero-order valence-corrected chi connectivity index (χ0v) is 15.4. The molecule has 1 aliphatic carbocycles. The molecule has 6 heteroatoms. The predicted molar refractivity (Wildman–Crippen MR) is 103 cm³/mol. The van der Waals surface area contributed by atoms with E-state index in [-0.39, 0.29) is 17.1 Å². The normalized spacial score (nSPS) is 20.2. The molecule has 0 radical (unpaired) electrons. The van der Waals surface area contributed by atoms with E-state index in [9.17, 15) is 4.79 Å². The largest absolute Gasteiger partial charge is 0.349 e. The Morgan fingerprint density at radius 2 is 2.04 bits per heavy atom. The number of nitrogens with one attached hydrogen (secondary N) is 2. The van der Waals surface area contributed by atoms with Crippen LogP contribution in [-0.2, 0) is 0 Å². The third-order valence-corrected chi connectivity index (χ3v) is 5.32. The van der Waals surface area contributed by atoms with Gasteiger partial charge in [-0.1, -0.05) is 30.2 Å². The molecule has 2 N–H and O–H groups in total. The van der Waals surface area contributed by atoms with Crippen LogP contribution in [0.1, 0.15) is 53.5 Å². The Kier molecular flexibility index (Phi) is 4.64. The van der Waals surface area contributed by atoms with Gasteiger partial charge in [0.05, 0.1) is 16.6 Å². The lowest BCUT2D eigenvalue weighted by Crippen LogP contribution is -2.38. The number of nitrogens with zero attached hydrogens (tertiary/aromatic N) is 2. The third-order valence-electron chi connectivity index (χ3n) is 5.04. The van der Waals surface area contributed by atoms with Crippen molar-refractivity contribution in [2.24, 2.45) is 0 Å². The van der Waals surface area contributed by atoms with E-state index >= 15 is 0 Å². The van der Waals surface area contributed by atoms with E-state index in [2.05, 4.69) is 15.3 Å². The number of aryl methyl sites for hydroxylation is 1. The number of halogens is 1. The summed E-state index contributed by atoms with van der Waals surface area (Å²) in [5, 5.41) is 3.38. The number of imidazole rings is 1. The van der Waals surface area contributed by atoms with Crippen molar-refractivity contribution in [2.75, 3.05) is 0 Å². The Bertz CT molecular complexity index is 919. The average molecular weight is 369 g/mol. The van der Waals surface area contributed by atoms with Crippen molar-refractivity contribution in [2.45, 2.75) is 44.6 Å². The smallest absolute Gasteiger partial charge is 0.254 e. The molecule has 1 amide bonds. The minimum Gasteiger partial charge on any atom is -0.349 e. The standard InChI is InChI=1S/C20H21ClN4O/c1-12-9-10-15(18(21)22-12)20(26)23-14-6-4-5-13(11-14)19-24-16-7-2-3-8-17(16)25-19/h2-3,7-10,13-14H,4-6,11H2,1H3,(H,23,26)(H,24,25)/t13-,14?/m0/s1. The van der Waals surface area contributed by atoms with Crippen LogP contribution in [0.2, 0.25) is 5.15 Å². The highest BCUT2D eigenvalue weighted by Gasteiger charge is 2.27. The van der Waals surface area contributed by atoms with Crippen LogP contribution < -0.4 is 5.32 Å². The summed E-state index contributed by atoms with van der Waals surface area (Å²) >= 11 is 6.12. The molecule has 1 aromatic carbocycles. The molecule has 134 valence electrons. The number of fused-ring (bicyclic) bond motifs is 1. The quantitative estimate of drug-likeness (QED) is 0.674. The molecule has 26 heavy (non-hydrogen) atoms. The van der Waals surface area contributed by atoms with Crippen molar-refractivity contribution < 1.29 is 4.79 Å². The van der Waals surface area contributed by atoms with Gasteiger partial charge in [-0.3, -0.25) is 4.79 Å². The van der Waals surface area contributed by atoms with E-state index in [0.717, 1.165) is 48.2 Å². The molecule has 0 aliphatic heterocycles. The molecular formula is C20H21ClN4O. The van der Waals surface area contributed by atoms with Gasteiger partial charge >= 0.3 is 0 Å². The molecule has 5 nitrogen and oxygen atoms in total. The summed E-state index contributed by atoms with van der Waals surface area (Å²) in [6.07, 6.45) is 3.99. The third kappa shape index (κ3) is 3.44. The van der Waals surface area contributed by atoms with Crippen molar-refractivity contribution >= 4 is 28.5 Å². The van der Waals surface area contributed by atoms with Gasteiger partial charge < -0.3 is 10.3 Å². The summed E-state index contributed by atoms with van der Waals surface area (Å²) in [5.41, 5.74) is 3.29. The number of rotatable bonds is 3. The zero-order chi connectivity index (χ0) is 18.1. The van der Waals surface area contributed by atoms with Crippen LogP contribution in [0, 0.1) is 6.92 Å². The Morgan fingerprint density at radius 3 is 2.85 bits per heavy atom. The molecule has 4 rings (SSSR count). The first kappa shape index (κ1) is 17.0. The Balaban J connectivity index is 1.47. The molecule has 1 unspecified atom stereocenters. The zero-order valence-electron chi connectivity index (χ0n) is 14.6. The topological polar surface area (TPSA) is 70.7 Å². The maximum Gasteiger partial charge on any atom is 0.254 e. The number of amides is 1.